The SMILES string of the molecule is CCCNC1C(=O)Nc2cc(N(C)CCOC)c(Br)cc21. The van der Waals surface area contributed by atoms with Crippen molar-refractivity contribution >= 4 is 33.2 Å². The third kappa shape index (κ3) is 3.56. The molecule has 1 unspecified atom stereocenters. The number of methoxy groups -OCH3 is 1. The van der Waals surface area contributed by atoms with E-state index in [1.807, 2.05) is 19.2 Å². The Hall–Kier alpha value is -1.11. The fourth-order valence-corrected chi connectivity index (χ4v) is 3.07. The van der Waals surface area contributed by atoms with E-state index in [-0.39, 0.29) is 11.9 Å². The van der Waals surface area contributed by atoms with Crippen LogP contribution in [0.25, 0.3) is 0 Å². The quantitative estimate of drug-likeness (QED) is 0.788. The highest BCUT2D eigenvalue weighted by atomic mass is 79.9. The lowest BCUT2D eigenvalue weighted by Crippen LogP contribution is -2.28. The van der Waals surface area contributed by atoms with Crippen LogP contribution < -0.4 is 15.5 Å². The van der Waals surface area contributed by atoms with E-state index in [2.05, 4.69) is 38.4 Å². The highest BCUT2D eigenvalue weighted by Crippen LogP contribution is 2.38. The Balaban J connectivity index is 2.24. The summed E-state index contributed by atoms with van der Waals surface area (Å²) in [4.78, 5) is 14.2. The molecule has 0 fully saturated rings. The molecule has 0 aliphatic carbocycles. The molecule has 2 N–H and O–H groups in total. The fraction of sp³-hybridized carbons (Fsp3) is 0.533. The van der Waals surface area contributed by atoms with Gasteiger partial charge < -0.3 is 20.3 Å². The second-order valence-corrected chi connectivity index (χ2v) is 6.04. The van der Waals surface area contributed by atoms with Crippen molar-refractivity contribution in [3.63, 3.8) is 0 Å². The minimum absolute atomic E-state index is 0.0158. The average Bonchev–Trinajstić information content (AvgIpc) is 2.76. The van der Waals surface area contributed by atoms with Crippen molar-refractivity contribution in [2.24, 2.45) is 0 Å². The van der Waals surface area contributed by atoms with E-state index in [1.165, 1.54) is 0 Å². The number of benzene rings is 1. The van der Waals surface area contributed by atoms with Crippen molar-refractivity contribution in [1.82, 2.24) is 5.32 Å². The highest BCUT2D eigenvalue weighted by Gasteiger charge is 2.31. The van der Waals surface area contributed by atoms with Gasteiger partial charge in [-0.05, 0) is 41.0 Å². The maximum absolute atomic E-state index is 12.1. The molecular weight excluding hydrogens is 334 g/mol. The van der Waals surface area contributed by atoms with Crippen molar-refractivity contribution in [3.05, 3.63) is 22.2 Å². The molecule has 1 aliphatic heterocycles. The summed E-state index contributed by atoms with van der Waals surface area (Å²) in [5.74, 6) is 0.0158. The number of likely N-dealkylation sites (N-methyl/N-ethyl adjacent to an activating group) is 1. The second kappa shape index (κ2) is 7.24. The normalized spacial score (nSPS) is 16.8. The number of rotatable bonds is 7. The zero-order valence-electron chi connectivity index (χ0n) is 12.7. The van der Waals surface area contributed by atoms with Crippen LogP contribution >= 0.6 is 15.9 Å². The molecule has 0 saturated carbocycles. The summed E-state index contributed by atoms with van der Waals surface area (Å²) in [6, 6.07) is 3.79. The van der Waals surface area contributed by atoms with Gasteiger partial charge in [0.25, 0.3) is 0 Å². The molecule has 6 heteroatoms. The van der Waals surface area contributed by atoms with Crippen LogP contribution in [-0.4, -0.2) is 39.8 Å². The lowest BCUT2D eigenvalue weighted by molar-refractivity contribution is -0.117. The Kier molecular flexibility index (Phi) is 5.61. The summed E-state index contributed by atoms with van der Waals surface area (Å²) < 4.78 is 6.09. The van der Waals surface area contributed by atoms with Gasteiger partial charge in [0.2, 0.25) is 5.91 Å². The van der Waals surface area contributed by atoms with E-state index < -0.39 is 0 Å². The molecule has 2 rings (SSSR count). The number of nitrogens with zero attached hydrogens (tertiary/aromatic N) is 1. The second-order valence-electron chi connectivity index (χ2n) is 5.18. The van der Waals surface area contributed by atoms with Crippen molar-refractivity contribution in [2.75, 3.05) is 44.1 Å². The number of nitrogens with one attached hydrogen (secondary N) is 2. The zero-order chi connectivity index (χ0) is 15.4. The molecule has 5 nitrogen and oxygen atoms in total. The first-order chi connectivity index (χ1) is 10.1. The van der Waals surface area contributed by atoms with Gasteiger partial charge in [0, 0.05) is 36.4 Å². The van der Waals surface area contributed by atoms with Gasteiger partial charge in [-0.3, -0.25) is 4.79 Å². The number of ether oxygens (including phenoxy) is 1. The van der Waals surface area contributed by atoms with Crippen LogP contribution in [0.1, 0.15) is 24.9 Å². The Bertz CT molecular complexity index is 522. The van der Waals surface area contributed by atoms with Gasteiger partial charge in [0.15, 0.2) is 0 Å². The number of fused-ring (bicyclic) bond motifs is 1. The minimum atomic E-state index is -0.255. The average molecular weight is 356 g/mol. The van der Waals surface area contributed by atoms with E-state index >= 15 is 0 Å². The summed E-state index contributed by atoms with van der Waals surface area (Å²) in [6.45, 7) is 4.36. The first-order valence-corrected chi connectivity index (χ1v) is 7.95. The maximum Gasteiger partial charge on any atom is 0.246 e. The molecule has 1 aromatic rings. The summed E-state index contributed by atoms with van der Waals surface area (Å²) in [5.41, 5.74) is 2.93. The Morgan fingerprint density at radius 2 is 2.24 bits per heavy atom. The number of carbonyl (C=O) groups is 1. The Morgan fingerprint density at radius 1 is 1.48 bits per heavy atom. The van der Waals surface area contributed by atoms with Crippen molar-refractivity contribution in [3.8, 4) is 0 Å². The van der Waals surface area contributed by atoms with E-state index in [0.717, 1.165) is 40.9 Å². The molecule has 0 radical (unpaired) electrons. The standard InChI is InChI=1S/C15H22BrN3O2/c1-4-5-17-14-10-8-11(16)13(19(2)6-7-21-3)9-12(10)18-15(14)20/h8-9,14,17H,4-7H2,1-3H3,(H,18,20). The molecule has 1 amide bonds. The van der Waals surface area contributed by atoms with Crippen LogP contribution in [0, 0.1) is 0 Å². The number of hydrogen-bond acceptors (Lipinski definition) is 4. The molecule has 0 saturated heterocycles. The highest BCUT2D eigenvalue weighted by molar-refractivity contribution is 9.10. The van der Waals surface area contributed by atoms with Crippen molar-refractivity contribution in [1.29, 1.82) is 0 Å². The van der Waals surface area contributed by atoms with Crippen LogP contribution in [-0.2, 0) is 9.53 Å². The van der Waals surface area contributed by atoms with Crippen molar-refractivity contribution < 1.29 is 9.53 Å². The molecule has 1 heterocycles. The summed E-state index contributed by atoms with van der Waals surface area (Å²) in [5, 5.41) is 6.24. The van der Waals surface area contributed by atoms with E-state index in [9.17, 15) is 4.79 Å². The number of hydrogen-bond donors (Lipinski definition) is 2. The van der Waals surface area contributed by atoms with Gasteiger partial charge in [-0.1, -0.05) is 6.92 Å². The van der Waals surface area contributed by atoms with Crippen LogP contribution in [0.4, 0.5) is 11.4 Å². The van der Waals surface area contributed by atoms with E-state index in [4.69, 9.17) is 4.74 Å². The summed E-state index contributed by atoms with van der Waals surface area (Å²) >= 11 is 3.61. The smallest absolute Gasteiger partial charge is 0.246 e. The predicted molar refractivity (Wildman–Crippen MR) is 89.0 cm³/mol. The van der Waals surface area contributed by atoms with Gasteiger partial charge in [-0.15, -0.1) is 0 Å². The Labute approximate surface area is 134 Å². The van der Waals surface area contributed by atoms with Gasteiger partial charge in [-0.2, -0.15) is 0 Å². The third-order valence-electron chi connectivity index (χ3n) is 3.59. The number of anilines is 2. The number of halogens is 1. The molecule has 21 heavy (non-hydrogen) atoms. The topological polar surface area (TPSA) is 53.6 Å². The van der Waals surface area contributed by atoms with Crippen LogP contribution in [0.15, 0.2) is 16.6 Å². The molecule has 0 aromatic heterocycles. The van der Waals surface area contributed by atoms with Crippen LogP contribution in [0.3, 0.4) is 0 Å². The first kappa shape index (κ1) is 16.3. The molecule has 1 atom stereocenters. The molecule has 1 aromatic carbocycles. The van der Waals surface area contributed by atoms with Crippen molar-refractivity contribution in [2.45, 2.75) is 19.4 Å². The molecule has 0 bridgehead atoms. The van der Waals surface area contributed by atoms with Gasteiger partial charge in [-0.25, -0.2) is 0 Å². The molecule has 116 valence electrons. The largest absolute Gasteiger partial charge is 0.383 e. The van der Waals surface area contributed by atoms with Crippen LogP contribution in [0.5, 0.6) is 0 Å². The summed E-state index contributed by atoms with van der Waals surface area (Å²) in [7, 11) is 3.70. The predicted octanol–water partition coefficient (Wildman–Crippen LogP) is 2.52. The maximum atomic E-state index is 12.1. The van der Waals surface area contributed by atoms with Gasteiger partial charge in [0.05, 0.1) is 12.3 Å². The molecule has 1 aliphatic rings. The monoisotopic (exact) mass is 355 g/mol. The fourth-order valence-electron chi connectivity index (χ4n) is 2.40. The lowest BCUT2D eigenvalue weighted by atomic mass is 10.1. The van der Waals surface area contributed by atoms with Crippen LogP contribution in [0.2, 0.25) is 0 Å². The Morgan fingerprint density at radius 3 is 2.90 bits per heavy atom. The lowest BCUT2D eigenvalue weighted by Gasteiger charge is -2.21. The molecular formula is C15H22BrN3O2. The zero-order valence-corrected chi connectivity index (χ0v) is 14.3. The summed E-state index contributed by atoms with van der Waals surface area (Å²) in [6.07, 6.45) is 0.998. The number of amides is 1. The minimum Gasteiger partial charge on any atom is -0.383 e. The van der Waals surface area contributed by atoms with E-state index in [0.29, 0.717) is 6.61 Å². The third-order valence-corrected chi connectivity index (χ3v) is 4.23. The molecule has 0 spiro atoms. The first-order valence-electron chi connectivity index (χ1n) is 7.16. The van der Waals surface area contributed by atoms with E-state index in [1.54, 1.807) is 7.11 Å². The van der Waals surface area contributed by atoms with Gasteiger partial charge in [0.1, 0.15) is 6.04 Å². The number of carbonyl (C=O) groups excluding carboxylic acids is 1. The van der Waals surface area contributed by atoms with Gasteiger partial charge >= 0.3 is 0 Å².